The van der Waals surface area contributed by atoms with Gasteiger partial charge in [0.1, 0.15) is 28.9 Å². The molecule has 17 rings (SSSR count). The topological polar surface area (TPSA) is 185 Å². The van der Waals surface area contributed by atoms with E-state index in [9.17, 15) is 15.3 Å². The number of aromatic nitrogens is 13. The first kappa shape index (κ1) is 72.8. The van der Waals surface area contributed by atoms with Gasteiger partial charge in [-0.15, -0.1) is 40.8 Å². The molecule has 4 saturated carbocycles. The molecule has 4 fully saturated rings. The summed E-state index contributed by atoms with van der Waals surface area (Å²) in [7, 11) is 0. The monoisotopic (exact) mass is 1440 g/mol. The number of pyridine rings is 5. The fraction of sp³-hybridized carbons (Fsp3) is 0.304. The zero-order chi connectivity index (χ0) is 67.9. The Bertz CT molecular complexity index is 5070. The average molecular weight is 1440 g/mol. The van der Waals surface area contributed by atoms with Gasteiger partial charge in [0.05, 0.1) is 39.4 Å². The Morgan fingerprint density at radius 2 is 0.710 bits per heavy atom. The average Bonchev–Trinajstić information content (AvgIpc) is 1.58. The molecule has 0 spiro atoms. The van der Waals surface area contributed by atoms with Crippen LogP contribution in [0.5, 0.6) is 0 Å². The van der Waals surface area contributed by atoms with E-state index in [0.717, 1.165) is 129 Å². The number of fused-ring (bicyclic) bond motifs is 4. The molecule has 0 amide bonds. The molecule has 1 atom stereocenters. The maximum Gasteiger partial charge on any atom is 0.191 e. The van der Waals surface area contributed by atoms with E-state index in [-0.39, 0.29) is 61.1 Å². The van der Waals surface area contributed by atoms with E-state index in [4.69, 9.17) is 46.4 Å². The summed E-state index contributed by atoms with van der Waals surface area (Å²) in [5.74, 6) is 3.81. The summed E-state index contributed by atoms with van der Waals surface area (Å²) < 4.78 is 10.4. The molecule has 4 aromatic carbocycles. The number of aliphatic hydroxyl groups is 3. The number of hydrogen-bond acceptors (Lipinski definition) is 11. The molecule has 4 aliphatic rings. The van der Waals surface area contributed by atoms with Crippen LogP contribution >= 0.6 is 46.4 Å². The van der Waals surface area contributed by atoms with Crippen molar-refractivity contribution in [3.63, 3.8) is 0 Å². The van der Waals surface area contributed by atoms with Crippen LogP contribution in [0.1, 0.15) is 176 Å². The Morgan fingerprint density at radius 1 is 0.420 bits per heavy atom. The van der Waals surface area contributed by atoms with Gasteiger partial charge < -0.3 is 27.7 Å². The maximum absolute atomic E-state index is 10.4. The number of benzene rings is 4. The van der Waals surface area contributed by atoms with Gasteiger partial charge in [-0.2, -0.15) is 4.57 Å². The highest BCUT2D eigenvalue weighted by molar-refractivity contribution is 6.31. The highest BCUT2D eigenvalue weighted by atomic mass is 35.5. The van der Waals surface area contributed by atoms with Crippen LogP contribution in [0.4, 0.5) is 0 Å². The van der Waals surface area contributed by atoms with Gasteiger partial charge in [-0.25, -0.2) is 0 Å². The minimum Gasteiger partial charge on any atom is -1.00 e. The summed E-state index contributed by atoms with van der Waals surface area (Å²) in [5.41, 5.74) is 9.63. The predicted octanol–water partition coefficient (Wildman–Crippen LogP) is 13.7. The third-order valence-corrected chi connectivity index (χ3v) is 21.1. The first-order valence-corrected chi connectivity index (χ1v) is 34.2. The molecule has 21 heteroatoms. The van der Waals surface area contributed by atoms with Gasteiger partial charge in [0.25, 0.3) is 0 Å². The van der Waals surface area contributed by atoms with Crippen molar-refractivity contribution in [2.45, 2.75) is 146 Å². The summed E-state index contributed by atoms with van der Waals surface area (Å²) >= 11 is 24.1. The van der Waals surface area contributed by atoms with E-state index in [1.54, 1.807) is 26.8 Å². The fourth-order valence-electron chi connectivity index (χ4n) is 13.8. The Kier molecular flexibility index (Phi) is 20.3. The summed E-state index contributed by atoms with van der Waals surface area (Å²) in [4.78, 5) is 0. The molecule has 9 aromatic heterocycles. The summed E-state index contributed by atoms with van der Waals surface area (Å²) in [6, 6.07) is 53.9. The van der Waals surface area contributed by atoms with Crippen molar-refractivity contribution in [1.29, 1.82) is 0 Å². The van der Waals surface area contributed by atoms with Crippen molar-refractivity contribution in [3.05, 3.63) is 295 Å². The lowest BCUT2D eigenvalue weighted by Gasteiger charge is -2.21. The third kappa shape index (κ3) is 13.2. The molecule has 4 aliphatic carbocycles. The molecule has 100 heavy (non-hydrogen) atoms. The molecule has 9 heterocycles. The molecule has 3 N–H and O–H groups in total. The van der Waals surface area contributed by atoms with E-state index in [2.05, 4.69) is 154 Å². The van der Waals surface area contributed by atoms with E-state index in [0.29, 0.717) is 16.2 Å². The fourth-order valence-corrected chi connectivity index (χ4v) is 14.3. The van der Waals surface area contributed by atoms with Crippen molar-refractivity contribution in [2.75, 3.05) is 6.61 Å². The van der Waals surface area contributed by atoms with Crippen LogP contribution in [0.3, 0.4) is 0 Å². The summed E-state index contributed by atoms with van der Waals surface area (Å²) in [5, 5.41) is 69.0. The van der Waals surface area contributed by atoms with Crippen LogP contribution < -0.4 is 17.0 Å². The predicted molar refractivity (Wildman–Crippen MR) is 393 cm³/mol. The zero-order valence-electron chi connectivity index (χ0n) is 55.2. The van der Waals surface area contributed by atoms with Crippen LogP contribution in [-0.2, 0) is 38.4 Å². The minimum atomic E-state index is -1.36. The molecule has 1 unspecified atom stereocenters. The van der Waals surface area contributed by atoms with E-state index < -0.39 is 11.2 Å². The highest BCUT2D eigenvalue weighted by Gasteiger charge is 2.53. The molecular weight excluding hydrogens is 1360 g/mol. The molecule has 13 aromatic rings. The summed E-state index contributed by atoms with van der Waals surface area (Å²) in [6.07, 6.45) is 20.6. The number of nitrogens with zero attached hydrogens (tertiary/aromatic N) is 13. The highest BCUT2D eigenvalue weighted by Crippen LogP contribution is 2.56. The number of allylic oxidation sites excluding steroid dienone is 1. The molecule has 0 saturated heterocycles. The number of halogens is 5. The van der Waals surface area contributed by atoms with E-state index >= 15 is 0 Å². The smallest absolute Gasteiger partial charge is 0.191 e. The Morgan fingerprint density at radius 3 is 1.03 bits per heavy atom. The Balaban J connectivity index is 0.000000134. The zero-order valence-corrected chi connectivity index (χ0v) is 58.9. The number of aliphatic hydroxyl groups excluding tert-OH is 1. The van der Waals surface area contributed by atoms with Gasteiger partial charge in [-0.3, -0.25) is 17.6 Å². The maximum atomic E-state index is 10.4. The Labute approximate surface area is 609 Å². The van der Waals surface area contributed by atoms with Gasteiger partial charge in [-0.05, 0) is 192 Å². The van der Waals surface area contributed by atoms with Crippen LogP contribution in [0.15, 0.2) is 208 Å². The van der Waals surface area contributed by atoms with Crippen molar-refractivity contribution >= 4 is 74.6 Å². The lowest BCUT2D eigenvalue weighted by atomic mass is 9.93. The first-order valence-electron chi connectivity index (χ1n) is 32.6. The Hall–Kier alpha value is -8.42. The van der Waals surface area contributed by atoms with Crippen molar-refractivity contribution in [3.8, 4) is 0 Å². The molecule has 0 bridgehead atoms. The molecular formula is C79H82Cl5N13O3. The van der Waals surface area contributed by atoms with Crippen LogP contribution in [0.25, 0.3) is 28.2 Å². The van der Waals surface area contributed by atoms with Crippen molar-refractivity contribution < 1.29 is 32.3 Å². The second-order valence-corrected chi connectivity index (χ2v) is 29.3. The van der Waals surface area contributed by atoms with Gasteiger partial charge >= 0.3 is 0 Å². The molecule has 516 valence electrons. The van der Waals surface area contributed by atoms with Crippen LogP contribution in [0, 0.1) is 0 Å². The second kappa shape index (κ2) is 27.8. The lowest BCUT2D eigenvalue weighted by Crippen LogP contribution is -3.00. The minimum absolute atomic E-state index is 0. The molecule has 16 nitrogen and oxygen atoms in total. The van der Waals surface area contributed by atoms with Crippen molar-refractivity contribution in [1.82, 2.24) is 58.4 Å². The first-order chi connectivity index (χ1) is 46.5. The standard InChI is InChI=1S/C23H22ClN4.C18H18ClN3O2.C18H18ClN3O.C18H16ClN3.2CH4.ClH/c1-22(2,27-14-4-3-5-15-27)19-7-6-16-28-20(19)25-26-21(28)23(12-13-23)17-8-10-18(24)11-9-17;1-17(24,11-23)14-3-2-10-22-15(14)20-21-16(22)18(8-9-18)12-4-6-13(19)7-5-12;1-17(2,23)14-4-3-11-22-15(14)20-21-16(22)18(9-10-18)12-5-7-13(19)8-6-12;1-12(2)15-4-3-11-22-16(15)20-21-17(22)18(9-10-18)13-5-7-14(19)8-6-13;;;/h3-11,14-16H,12-13H2,1-2H3;2-7,10,23-24H,8-9,11H2,1H3;3-8,11,23H,9-10H2,1-2H3;3-8,11H,1,9-10H2,2H3;2*1H4;1H/q+1;;;;;;/p-1. The quantitative estimate of drug-likeness (QED) is 0.0880. The number of rotatable bonds is 14. The van der Waals surface area contributed by atoms with Crippen LogP contribution in [0.2, 0.25) is 20.1 Å². The normalized spacial score (nSPS) is 16.2. The van der Waals surface area contributed by atoms with E-state index in [1.807, 2.05) is 131 Å². The van der Waals surface area contributed by atoms with Crippen molar-refractivity contribution in [2.24, 2.45) is 0 Å². The van der Waals surface area contributed by atoms with Crippen LogP contribution in [-0.4, -0.2) is 80.3 Å². The van der Waals surface area contributed by atoms with Gasteiger partial charge in [0.2, 0.25) is 0 Å². The second-order valence-electron chi connectivity index (χ2n) is 27.5. The number of hydrogen-bond donors (Lipinski definition) is 3. The van der Waals surface area contributed by atoms with Gasteiger partial charge in [0, 0.05) is 87.5 Å². The molecule has 0 aliphatic heterocycles. The van der Waals surface area contributed by atoms with Gasteiger partial charge in [0.15, 0.2) is 40.5 Å². The SMILES string of the molecule is C.C.C=C(C)c1cccn2c(C3(c4ccc(Cl)cc4)CC3)nnc12.CC(C)(O)c1cccn2c(C3(c4ccc(Cl)cc4)CC3)nnc12.CC(C)(c1cccn2c(C3(c4ccc(Cl)cc4)CC3)nnc12)[n+]1ccccc1.CC(O)(CO)c1cccn2c(C3(c4ccc(Cl)cc4)CC3)nnc12.[Cl-]. The largest absolute Gasteiger partial charge is 1.00 e. The third-order valence-electron chi connectivity index (χ3n) is 20.1. The molecule has 0 radical (unpaired) electrons. The van der Waals surface area contributed by atoms with E-state index in [1.165, 1.54) is 22.3 Å². The lowest BCUT2D eigenvalue weighted by molar-refractivity contribution is -0.747. The van der Waals surface area contributed by atoms with Gasteiger partial charge in [-0.1, -0.05) is 135 Å². The summed E-state index contributed by atoms with van der Waals surface area (Å²) in [6.45, 7) is 15.2.